The van der Waals surface area contributed by atoms with Gasteiger partial charge in [0.15, 0.2) is 0 Å². The molecule has 1 aliphatic heterocycles. The van der Waals surface area contributed by atoms with E-state index in [2.05, 4.69) is 5.32 Å². The number of nitrogens with two attached hydrogens (primary N) is 1. The molecule has 0 radical (unpaired) electrons. The van der Waals surface area contributed by atoms with Crippen LogP contribution in [0.15, 0.2) is 30.3 Å². The Kier molecular flexibility index (Phi) is 7.75. The monoisotopic (exact) mass is 377 g/mol. The number of aliphatic carboxylic acids is 2. The molecule has 0 spiro atoms. The number of rotatable bonds is 10. The van der Waals surface area contributed by atoms with E-state index in [1.165, 1.54) is 4.90 Å². The average molecular weight is 377 g/mol. The molecule has 8 nitrogen and oxygen atoms in total. The van der Waals surface area contributed by atoms with E-state index in [0.29, 0.717) is 32.2 Å². The molecular formula is C19H27N3O5. The summed E-state index contributed by atoms with van der Waals surface area (Å²) in [5.41, 5.74) is 6.61. The highest BCUT2D eigenvalue weighted by atomic mass is 16.4. The van der Waals surface area contributed by atoms with E-state index in [1.807, 2.05) is 30.3 Å². The summed E-state index contributed by atoms with van der Waals surface area (Å²) in [7, 11) is 0. The summed E-state index contributed by atoms with van der Waals surface area (Å²) in [5.74, 6) is -2.47. The molecule has 1 saturated heterocycles. The SMILES string of the molecule is NCCC(N[C@@H](CCc1ccccc1)C(=O)O)C(=O)N1CCC[C@H]1C(=O)O. The van der Waals surface area contributed by atoms with Gasteiger partial charge >= 0.3 is 11.9 Å². The number of hydrogen-bond donors (Lipinski definition) is 4. The minimum absolute atomic E-state index is 0.194. The zero-order valence-corrected chi connectivity index (χ0v) is 15.2. The van der Waals surface area contributed by atoms with Crippen LogP contribution in [0.25, 0.3) is 0 Å². The third-order valence-electron chi connectivity index (χ3n) is 4.84. The van der Waals surface area contributed by atoms with Crippen molar-refractivity contribution < 1.29 is 24.6 Å². The molecule has 2 rings (SSSR count). The molecule has 0 saturated carbocycles. The summed E-state index contributed by atoms with van der Waals surface area (Å²) in [6.45, 7) is 0.556. The highest BCUT2D eigenvalue weighted by Gasteiger charge is 2.37. The lowest BCUT2D eigenvalue weighted by atomic mass is 10.0. The van der Waals surface area contributed by atoms with Gasteiger partial charge in [-0.25, -0.2) is 4.79 Å². The number of aryl methyl sites for hydroxylation is 1. The number of nitrogens with one attached hydrogen (secondary N) is 1. The number of carbonyl (C=O) groups excluding carboxylic acids is 1. The van der Waals surface area contributed by atoms with Crippen molar-refractivity contribution in [2.75, 3.05) is 13.1 Å². The number of likely N-dealkylation sites (tertiary alicyclic amines) is 1. The van der Waals surface area contributed by atoms with Crippen molar-refractivity contribution in [1.29, 1.82) is 0 Å². The van der Waals surface area contributed by atoms with Gasteiger partial charge in [-0.1, -0.05) is 30.3 Å². The normalized spacial score (nSPS) is 18.9. The predicted octanol–water partition coefficient (Wildman–Crippen LogP) is 0.455. The van der Waals surface area contributed by atoms with Crippen LogP contribution >= 0.6 is 0 Å². The van der Waals surface area contributed by atoms with Crippen LogP contribution in [-0.2, 0) is 20.8 Å². The predicted molar refractivity (Wildman–Crippen MR) is 99.2 cm³/mol. The molecule has 1 unspecified atom stereocenters. The molecule has 0 aromatic heterocycles. The molecule has 1 aliphatic rings. The Hall–Kier alpha value is -2.45. The van der Waals surface area contributed by atoms with Crippen LogP contribution in [0.1, 0.15) is 31.2 Å². The first kappa shape index (κ1) is 20.9. The van der Waals surface area contributed by atoms with Gasteiger partial charge in [0.2, 0.25) is 5.91 Å². The Morgan fingerprint density at radius 2 is 1.85 bits per heavy atom. The van der Waals surface area contributed by atoms with Crippen LogP contribution < -0.4 is 11.1 Å². The lowest BCUT2D eigenvalue weighted by Crippen LogP contribution is -2.54. The van der Waals surface area contributed by atoms with Crippen LogP contribution in [0.4, 0.5) is 0 Å². The Balaban J connectivity index is 2.05. The molecule has 1 aromatic rings. The zero-order valence-electron chi connectivity index (χ0n) is 15.2. The van der Waals surface area contributed by atoms with E-state index in [0.717, 1.165) is 5.56 Å². The van der Waals surface area contributed by atoms with Gasteiger partial charge in [-0.15, -0.1) is 0 Å². The molecule has 148 valence electrons. The number of carboxylic acid groups (broad SMARTS) is 2. The number of carboxylic acids is 2. The fourth-order valence-electron chi connectivity index (χ4n) is 3.41. The lowest BCUT2D eigenvalue weighted by molar-refractivity contribution is -0.149. The van der Waals surface area contributed by atoms with Crippen LogP contribution in [0.5, 0.6) is 0 Å². The maximum atomic E-state index is 12.8. The average Bonchev–Trinajstić information content (AvgIpc) is 3.14. The largest absolute Gasteiger partial charge is 0.480 e. The molecule has 0 aliphatic carbocycles. The lowest BCUT2D eigenvalue weighted by Gasteiger charge is -2.29. The molecule has 0 bridgehead atoms. The summed E-state index contributed by atoms with van der Waals surface area (Å²) in [6, 6.07) is 6.92. The van der Waals surface area contributed by atoms with Crippen LogP contribution in [0, 0.1) is 0 Å². The molecule has 8 heteroatoms. The van der Waals surface area contributed by atoms with E-state index >= 15 is 0 Å². The third kappa shape index (κ3) is 5.77. The van der Waals surface area contributed by atoms with Crippen molar-refractivity contribution in [1.82, 2.24) is 10.2 Å². The van der Waals surface area contributed by atoms with Gasteiger partial charge in [-0.2, -0.15) is 0 Å². The highest BCUT2D eigenvalue weighted by Crippen LogP contribution is 2.19. The van der Waals surface area contributed by atoms with Gasteiger partial charge in [0.25, 0.3) is 0 Å². The van der Waals surface area contributed by atoms with Crippen molar-refractivity contribution in [3.05, 3.63) is 35.9 Å². The van der Waals surface area contributed by atoms with Gasteiger partial charge in [-0.3, -0.25) is 14.9 Å². The highest BCUT2D eigenvalue weighted by molar-refractivity contribution is 5.88. The molecule has 1 aromatic carbocycles. The quantitative estimate of drug-likeness (QED) is 0.465. The fourth-order valence-corrected chi connectivity index (χ4v) is 3.41. The fraction of sp³-hybridized carbons (Fsp3) is 0.526. The molecule has 3 atom stereocenters. The molecule has 5 N–H and O–H groups in total. The van der Waals surface area contributed by atoms with Crippen molar-refractivity contribution in [2.45, 2.75) is 50.2 Å². The summed E-state index contributed by atoms with van der Waals surface area (Å²) in [5, 5.41) is 21.7. The smallest absolute Gasteiger partial charge is 0.326 e. The first-order valence-electron chi connectivity index (χ1n) is 9.20. The summed E-state index contributed by atoms with van der Waals surface area (Å²) in [6.07, 6.45) is 2.14. The van der Waals surface area contributed by atoms with Gasteiger partial charge in [0.05, 0.1) is 6.04 Å². The van der Waals surface area contributed by atoms with E-state index in [-0.39, 0.29) is 13.0 Å². The molecule has 1 heterocycles. The third-order valence-corrected chi connectivity index (χ3v) is 4.84. The standard InChI is InChI=1S/C19H27N3O5/c20-11-10-14(17(23)22-12-4-7-16(22)19(26)27)21-15(18(24)25)9-8-13-5-2-1-3-6-13/h1-3,5-6,14-16,21H,4,7-12,20H2,(H,24,25)(H,26,27)/t14?,15-,16-/m0/s1. The van der Waals surface area contributed by atoms with Crippen molar-refractivity contribution >= 4 is 17.8 Å². The van der Waals surface area contributed by atoms with Crippen LogP contribution in [-0.4, -0.2) is 64.2 Å². The Morgan fingerprint density at radius 1 is 1.15 bits per heavy atom. The van der Waals surface area contributed by atoms with E-state index < -0.39 is 36.0 Å². The zero-order chi connectivity index (χ0) is 19.8. The van der Waals surface area contributed by atoms with Gasteiger partial charge in [0.1, 0.15) is 12.1 Å². The van der Waals surface area contributed by atoms with Crippen molar-refractivity contribution in [2.24, 2.45) is 5.73 Å². The van der Waals surface area contributed by atoms with Gasteiger partial charge < -0.3 is 20.8 Å². The second-order valence-electron chi connectivity index (χ2n) is 6.74. The van der Waals surface area contributed by atoms with E-state index in [1.54, 1.807) is 0 Å². The van der Waals surface area contributed by atoms with Crippen molar-refractivity contribution in [3.63, 3.8) is 0 Å². The number of nitrogens with zero attached hydrogens (tertiary/aromatic N) is 1. The molecular weight excluding hydrogens is 350 g/mol. The Morgan fingerprint density at radius 3 is 2.44 bits per heavy atom. The number of amides is 1. The van der Waals surface area contributed by atoms with Crippen LogP contribution in [0.3, 0.4) is 0 Å². The summed E-state index contributed by atoms with van der Waals surface area (Å²) in [4.78, 5) is 37.2. The molecule has 1 amide bonds. The first-order chi connectivity index (χ1) is 12.9. The second kappa shape index (κ2) is 10.0. The van der Waals surface area contributed by atoms with Gasteiger partial charge in [-0.05, 0) is 44.2 Å². The van der Waals surface area contributed by atoms with E-state index in [9.17, 15) is 24.6 Å². The Labute approximate surface area is 158 Å². The number of hydrogen-bond acceptors (Lipinski definition) is 5. The maximum Gasteiger partial charge on any atom is 0.326 e. The summed E-state index contributed by atoms with van der Waals surface area (Å²) >= 11 is 0. The topological polar surface area (TPSA) is 133 Å². The van der Waals surface area contributed by atoms with E-state index in [4.69, 9.17) is 5.73 Å². The molecule has 27 heavy (non-hydrogen) atoms. The number of carbonyl (C=O) groups is 3. The Bertz CT molecular complexity index is 652. The summed E-state index contributed by atoms with van der Waals surface area (Å²) < 4.78 is 0. The molecule has 1 fully saturated rings. The van der Waals surface area contributed by atoms with Crippen LogP contribution in [0.2, 0.25) is 0 Å². The minimum Gasteiger partial charge on any atom is -0.480 e. The van der Waals surface area contributed by atoms with Gasteiger partial charge in [0, 0.05) is 6.54 Å². The minimum atomic E-state index is -1.04. The number of benzene rings is 1. The van der Waals surface area contributed by atoms with Crippen molar-refractivity contribution in [3.8, 4) is 0 Å². The second-order valence-corrected chi connectivity index (χ2v) is 6.74. The maximum absolute atomic E-state index is 12.8. The first-order valence-corrected chi connectivity index (χ1v) is 9.20.